The lowest BCUT2D eigenvalue weighted by atomic mass is 9.94. The molecule has 3 nitrogen and oxygen atoms in total. The maximum Gasteiger partial charge on any atom is 0.270 e. The van der Waals surface area contributed by atoms with Crippen LogP contribution in [0, 0.1) is 20.8 Å². The first-order valence-corrected chi connectivity index (χ1v) is 8.33. The minimum Gasteiger partial charge on any atom is -0.370 e. The normalized spacial score (nSPS) is 11.6. The first-order valence-electron chi connectivity index (χ1n) is 7.92. The number of aryl methyl sites for hydroxylation is 3. The molecule has 0 saturated carbocycles. The summed E-state index contributed by atoms with van der Waals surface area (Å²) >= 11 is 5.50. The number of carbonyl (C=O) groups excluding carboxylic acids is 1. The molecule has 1 N–H and O–H groups in total. The Labute approximate surface area is 149 Å². The van der Waals surface area contributed by atoms with Crippen LogP contribution in [0.3, 0.4) is 0 Å². The molecule has 24 heavy (non-hydrogen) atoms. The third-order valence-corrected chi connectivity index (χ3v) is 4.43. The number of ketones is 1. The Morgan fingerprint density at radius 3 is 2.42 bits per heavy atom. The Balaban J connectivity index is 2.47. The molecule has 1 atom stereocenters. The summed E-state index contributed by atoms with van der Waals surface area (Å²) in [4.78, 5) is 13.8. The molecule has 1 aromatic heterocycles. The van der Waals surface area contributed by atoms with Crippen LogP contribution >= 0.6 is 12.2 Å². The molecule has 0 aliphatic heterocycles. The fourth-order valence-electron chi connectivity index (χ4n) is 2.62. The third kappa shape index (κ3) is 3.95. The van der Waals surface area contributed by atoms with Gasteiger partial charge in [0.2, 0.25) is 5.78 Å². The summed E-state index contributed by atoms with van der Waals surface area (Å²) in [6, 6.07) is 9.14. The van der Waals surface area contributed by atoms with Gasteiger partial charge in [-0.3, -0.25) is 4.79 Å². The third-order valence-electron chi connectivity index (χ3n) is 4.06. The Kier molecular flexibility index (Phi) is 5.99. The lowest BCUT2D eigenvalue weighted by Gasteiger charge is -2.16. The van der Waals surface area contributed by atoms with E-state index in [4.69, 9.17) is 12.2 Å². The number of pyridine rings is 1. The highest BCUT2D eigenvalue weighted by Gasteiger charge is 2.33. The average Bonchev–Trinajstić information content (AvgIpc) is 2.57. The van der Waals surface area contributed by atoms with Crippen LogP contribution in [0.5, 0.6) is 0 Å². The van der Waals surface area contributed by atoms with Gasteiger partial charge < -0.3 is 5.32 Å². The minimum atomic E-state index is -0.568. The smallest absolute Gasteiger partial charge is 0.270 e. The summed E-state index contributed by atoms with van der Waals surface area (Å²) in [7, 11) is 0. The van der Waals surface area contributed by atoms with Crippen molar-refractivity contribution < 1.29 is 9.36 Å². The lowest BCUT2D eigenvalue weighted by Crippen LogP contribution is -2.51. The van der Waals surface area contributed by atoms with Crippen molar-refractivity contribution in [3.63, 3.8) is 0 Å². The number of hydrogen-bond acceptors (Lipinski definition) is 2. The summed E-state index contributed by atoms with van der Waals surface area (Å²) in [5, 5.41) is 3.10. The number of thiocarbonyl (C=S) groups is 1. The second-order valence-corrected chi connectivity index (χ2v) is 6.31. The summed E-state index contributed by atoms with van der Waals surface area (Å²) in [5.41, 5.74) is 3.96. The standard InChI is InChI=1S/C20H22N2OS/c1-5-9-21-20(24)18(22-10-7-6-8-11-22)19(23)17-13-15(3)14(2)12-16(17)4/h5-8,10-13,18H,1,9H2,2-4H3/p+1/t18-/m0/s1. The quantitative estimate of drug-likeness (QED) is 0.379. The SMILES string of the molecule is C=CCNC(=S)[C@H](C(=O)c1cc(C)c(C)cc1C)[n+]1ccccc1. The van der Waals surface area contributed by atoms with E-state index in [9.17, 15) is 4.79 Å². The van der Waals surface area contributed by atoms with Gasteiger partial charge in [0, 0.05) is 24.2 Å². The molecule has 2 aromatic rings. The molecule has 0 saturated heterocycles. The largest absolute Gasteiger partial charge is 0.370 e. The zero-order valence-electron chi connectivity index (χ0n) is 14.4. The molecule has 1 aromatic carbocycles. The Bertz CT molecular complexity index is 769. The van der Waals surface area contributed by atoms with Crippen LogP contribution in [0.1, 0.15) is 33.1 Å². The van der Waals surface area contributed by atoms with Crippen LogP contribution < -0.4 is 9.88 Å². The Morgan fingerprint density at radius 2 is 1.79 bits per heavy atom. The van der Waals surface area contributed by atoms with E-state index in [1.54, 1.807) is 6.08 Å². The van der Waals surface area contributed by atoms with Crippen molar-refractivity contribution in [2.45, 2.75) is 26.8 Å². The van der Waals surface area contributed by atoms with Crippen molar-refractivity contribution in [3.05, 3.63) is 77.6 Å². The van der Waals surface area contributed by atoms with Crippen LogP contribution in [0.25, 0.3) is 0 Å². The van der Waals surface area contributed by atoms with Gasteiger partial charge in [-0.2, -0.15) is 4.57 Å². The molecule has 0 radical (unpaired) electrons. The van der Waals surface area contributed by atoms with Crippen molar-refractivity contribution in [2.24, 2.45) is 0 Å². The Morgan fingerprint density at radius 1 is 1.17 bits per heavy atom. The highest BCUT2D eigenvalue weighted by molar-refractivity contribution is 7.80. The predicted molar refractivity (Wildman–Crippen MR) is 101 cm³/mol. The molecule has 1 heterocycles. The van der Waals surface area contributed by atoms with Crippen LogP contribution in [0.4, 0.5) is 0 Å². The average molecular weight is 339 g/mol. The van der Waals surface area contributed by atoms with Gasteiger partial charge in [-0.15, -0.1) is 6.58 Å². The van der Waals surface area contributed by atoms with Crippen molar-refractivity contribution in [1.82, 2.24) is 5.32 Å². The molecule has 0 amide bonds. The van der Waals surface area contributed by atoms with E-state index in [1.165, 1.54) is 5.56 Å². The number of nitrogens with zero attached hydrogens (tertiary/aromatic N) is 1. The molecule has 0 spiro atoms. The summed E-state index contributed by atoms with van der Waals surface area (Å²) in [6.07, 6.45) is 5.45. The van der Waals surface area contributed by atoms with Gasteiger partial charge in [0.15, 0.2) is 17.4 Å². The molecule has 0 fully saturated rings. The first-order chi connectivity index (χ1) is 11.5. The topological polar surface area (TPSA) is 33.0 Å². The number of Topliss-reactive ketones (excluding diaryl/α,β-unsaturated/α-hetero) is 1. The first kappa shape index (κ1) is 18.0. The fourth-order valence-corrected chi connectivity index (χ4v) is 2.93. The number of hydrogen-bond donors (Lipinski definition) is 1. The van der Waals surface area contributed by atoms with Gasteiger partial charge in [-0.05, 0) is 43.5 Å². The van der Waals surface area contributed by atoms with Crippen molar-refractivity contribution in [1.29, 1.82) is 0 Å². The molecule has 0 aliphatic rings. The van der Waals surface area contributed by atoms with Crippen LogP contribution in [-0.4, -0.2) is 17.3 Å². The molecule has 2 rings (SSSR count). The van der Waals surface area contributed by atoms with Gasteiger partial charge in [0.25, 0.3) is 6.04 Å². The molecular formula is C20H23N2OS+. The maximum atomic E-state index is 13.3. The number of rotatable bonds is 6. The monoisotopic (exact) mass is 339 g/mol. The van der Waals surface area contributed by atoms with Gasteiger partial charge in [-0.1, -0.05) is 30.4 Å². The fraction of sp³-hybridized carbons (Fsp3) is 0.250. The Hall–Kier alpha value is -2.33. The second kappa shape index (κ2) is 7.97. The number of benzene rings is 1. The number of carbonyl (C=O) groups is 1. The zero-order valence-corrected chi connectivity index (χ0v) is 15.2. The zero-order chi connectivity index (χ0) is 17.7. The summed E-state index contributed by atoms with van der Waals surface area (Å²) in [5.74, 6) is -0.00615. The van der Waals surface area contributed by atoms with E-state index in [0.717, 1.165) is 11.1 Å². The van der Waals surface area contributed by atoms with Crippen LogP contribution in [0.2, 0.25) is 0 Å². The molecule has 4 heteroatoms. The predicted octanol–water partition coefficient (Wildman–Crippen LogP) is 3.43. The van der Waals surface area contributed by atoms with E-state index >= 15 is 0 Å². The van der Waals surface area contributed by atoms with E-state index in [1.807, 2.05) is 55.1 Å². The number of nitrogens with one attached hydrogen (secondary N) is 1. The summed E-state index contributed by atoms with van der Waals surface area (Å²) < 4.78 is 1.84. The van der Waals surface area contributed by atoms with E-state index < -0.39 is 6.04 Å². The maximum absolute atomic E-state index is 13.3. The minimum absolute atomic E-state index is 0.00615. The van der Waals surface area contributed by atoms with Crippen molar-refractivity contribution >= 4 is 23.0 Å². The second-order valence-electron chi connectivity index (χ2n) is 5.87. The van der Waals surface area contributed by atoms with Crippen molar-refractivity contribution in [3.8, 4) is 0 Å². The number of aromatic nitrogens is 1. The van der Waals surface area contributed by atoms with Gasteiger partial charge >= 0.3 is 0 Å². The van der Waals surface area contributed by atoms with Gasteiger partial charge in [0.05, 0.1) is 0 Å². The summed E-state index contributed by atoms with van der Waals surface area (Å²) in [6.45, 7) is 10.3. The van der Waals surface area contributed by atoms with E-state index in [0.29, 0.717) is 17.1 Å². The lowest BCUT2D eigenvalue weighted by molar-refractivity contribution is -0.692. The highest BCUT2D eigenvalue weighted by Crippen LogP contribution is 2.19. The molecule has 0 bridgehead atoms. The van der Waals surface area contributed by atoms with Gasteiger partial charge in [0.1, 0.15) is 0 Å². The highest BCUT2D eigenvalue weighted by atomic mass is 32.1. The van der Waals surface area contributed by atoms with Crippen molar-refractivity contribution in [2.75, 3.05) is 6.54 Å². The van der Waals surface area contributed by atoms with Crippen LogP contribution in [-0.2, 0) is 0 Å². The van der Waals surface area contributed by atoms with Crippen LogP contribution in [0.15, 0.2) is 55.4 Å². The molecular weight excluding hydrogens is 316 g/mol. The molecule has 0 unspecified atom stereocenters. The molecule has 124 valence electrons. The van der Waals surface area contributed by atoms with Gasteiger partial charge in [-0.25, -0.2) is 0 Å². The van der Waals surface area contributed by atoms with E-state index in [2.05, 4.69) is 24.9 Å². The van der Waals surface area contributed by atoms with E-state index in [-0.39, 0.29) is 5.78 Å². The molecule has 0 aliphatic carbocycles.